The first kappa shape index (κ1) is 20.0. The number of carbonyl (C=O) groups excluding carboxylic acids is 2. The van der Waals surface area contributed by atoms with Crippen molar-refractivity contribution in [3.05, 3.63) is 81.8 Å². The maximum absolute atomic E-state index is 12.2. The van der Waals surface area contributed by atoms with Gasteiger partial charge in [0, 0.05) is 22.5 Å². The molecule has 7 heteroatoms. The normalized spacial score (nSPS) is 10.5. The van der Waals surface area contributed by atoms with Crippen LogP contribution in [0.2, 0.25) is 5.02 Å². The van der Waals surface area contributed by atoms with Gasteiger partial charge in [0.25, 0.3) is 5.91 Å². The summed E-state index contributed by atoms with van der Waals surface area (Å²) < 4.78 is 0. The molecule has 28 heavy (non-hydrogen) atoms. The van der Waals surface area contributed by atoms with E-state index in [1.54, 1.807) is 29.6 Å². The van der Waals surface area contributed by atoms with Crippen LogP contribution >= 0.6 is 22.9 Å². The topological polar surface area (TPSA) is 71.1 Å². The molecular weight excluding hydrogens is 394 g/mol. The van der Waals surface area contributed by atoms with Crippen molar-refractivity contribution in [2.75, 3.05) is 11.9 Å². The van der Waals surface area contributed by atoms with Gasteiger partial charge >= 0.3 is 0 Å². The fourth-order valence-corrected chi connectivity index (χ4v) is 3.44. The van der Waals surface area contributed by atoms with Crippen molar-refractivity contribution in [2.24, 2.45) is 0 Å². The van der Waals surface area contributed by atoms with E-state index in [0.29, 0.717) is 28.0 Å². The summed E-state index contributed by atoms with van der Waals surface area (Å²) in [7, 11) is 0. The van der Waals surface area contributed by atoms with Gasteiger partial charge in [0.2, 0.25) is 5.91 Å². The molecule has 0 saturated carbocycles. The Morgan fingerprint density at radius 1 is 1.04 bits per heavy atom. The molecule has 0 aliphatic carbocycles. The largest absolute Gasteiger partial charge is 0.356 e. The highest BCUT2D eigenvalue weighted by Gasteiger charge is 2.11. The van der Waals surface area contributed by atoms with E-state index in [-0.39, 0.29) is 18.2 Å². The number of nitrogens with zero attached hydrogens (tertiary/aromatic N) is 1. The first-order valence-corrected chi connectivity index (χ1v) is 10.2. The highest BCUT2D eigenvalue weighted by Crippen LogP contribution is 2.17. The van der Waals surface area contributed by atoms with Crippen molar-refractivity contribution in [1.29, 1.82) is 0 Å². The Hall–Kier alpha value is -2.70. The van der Waals surface area contributed by atoms with Crippen LogP contribution in [0.3, 0.4) is 0 Å². The van der Waals surface area contributed by atoms with Crippen LogP contribution < -0.4 is 10.6 Å². The molecule has 0 bridgehead atoms. The minimum atomic E-state index is -0.261. The molecule has 3 rings (SSSR count). The molecule has 2 N–H and O–H groups in total. The molecule has 3 aromatic rings. The molecule has 0 aliphatic heterocycles. The van der Waals surface area contributed by atoms with E-state index < -0.39 is 0 Å². The van der Waals surface area contributed by atoms with Gasteiger partial charge in [-0.2, -0.15) is 0 Å². The third-order valence-corrected chi connectivity index (χ3v) is 5.09. The third-order valence-electron chi connectivity index (χ3n) is 4.03. The second kappa shape index (κ2) is 10.0. The maximum Gasteiger partial charge on any atom is 0.257 e. The van der Waals surface area contributed by atoms with E-state index in [1.807, 2.05) is 18.2 Å². The van der Waals surface area contributed by atoms with E-state index in [2.05, 4.69) is 27.8 Å². The molecule has 0 saturated heterocycles. The van der Waals surface area contributed by atoms with Gasteiger partial charge in [-0.25, -0.2) is 4.98 Å². The number of hydrogen-bond acceptors (Lipinski definition) is 4. The Morgan fingerprint density at radius 3 is 2.54 bits per heavy atom. The minimum absolute atomic E-state index is 0.0751. The Kier molecular flexibility index (Phi) is 7.17. The maximum atomic E-state index is 12.2. The van der Waals surface area contributed by atoms with Crippen molar-refractivity contribution in [1.82, 2.24) is 10.3 Å². The van der Waals surface area contributed by atoms with Gasteiger partial charge in [-0.3, -0.25) is 14.9 Å². The molecule has 144 valence electrons. The molecule has 0 radical (unpaired) electrons. The summed E-state index contributed by atoms with van der Waals surface area (Å²) in [5, 5.41) is 8.46. The van der Waals surface area contributed by atoms with E-state index >= 15 is 0 Å². The molecule has 1 heterocycles. The van der Waals surface area contributed by atoms with Crippen LogP contribution in [0, 0.1) is 0 Å². The number of thiazole rings is 1. The van der Waals surface area contributed by atoms with Crippen molar-refractivity contribution in [3.8, 4) is 0 Å². The molecule has 1 aromatic heterocycles. The summed E-state index contributed by atoms with van der Waals surface area (Å²) in [6.45, 7) is 0.623. The van der Waals surface area contributed by atoms with Crippen LogP contribution in [-0.2, 0) is 17.6 Å². The predicted molar refractivity (Wildman–Crippen MR) is 113 cm³/mol. The Bertz CT molecular complexity index is 926. The quantitative estimate of drug-likeness (QED) is 0.539. The van der Waals surface area contributed by atoms with Crippen LogP contribution in [0.4, 0.5) is 5.13 Å². The first-order valence-electron chi connectivity index (χ1n) is 8.92. The molecule has 0 atom stereocenters. The number of carbonyl (C=O) groups is 2. The van der Waals surface area contributed by atoms with Gasteiger partial charge in [-0.05, 0) is 42.7 Å². The zero-order valence-corrected chi connectivity index (χ0v) is 16.7. The molecular formula is C21H20ClN3O2S. The Morgan fingerprint density at radius 2 is 1.79 bits per heavy atom. The van der Waals surface area contributed by atoms with Crippen molar-refractivity contribution in [3.63, 3.8) is 0 Å². The summed E-state index contributed by atoms with van der Waals surface area (Å²) in [6.07, 6.45) is 2.01. The lowest BCUT2D eigenvalue weighted by molar-refractivity contribution is -0.120. The second-order valence-electron chi connectivity index (χ2n) is 6.22. The van der Waals surface area contributed by atoms with E-state index in [9.17, 15) is 9.59 Å². The average molecular weight is 414 g/mol. The van der Waals surface area contributed by atoms with Crippen LogP contribution in [0.1, 0.15) is 28.0 Å². The minimum Gasteiger partial charge on any atom is -0.356 e. The smallest absolute Gasteiger partial charge is 0.257 e. The molecule has 0 aliphatic rings. The van der Waals surface area contributed by atoms with Gasteiger partial charge in [0.1, 0.15) is 0 Å². The lowest BCUT2D eigenvalue weighted by atomic mass is 10.1. The predicted octanol–water partition coefficient (Wildman–Crippen LogP) is 4.34. The second-order valence-corrected chi connectivity index (χ2v) is 7.52. The zero-order chi connectivity index (χ0) is 19.8. The van der Waals surface area contributed by atoms with E-state index in [0.717, 1.165) is 12.8 Å². The fraction of sp³-hybridized carbons (Fsp3) is 0.190. The van der Waals surface area contributed by atoms with Gasteiger partial charge < -0.3 is 5.32 Å². The lowest BCUT2D eigenvalue weighted by Gasteiger charge is -2.04. The molecule has 0 spiro atoms. The Balaban J connectivity index is 1.41. The molecule has 0 fully saturated rings. The number of aromatic nitrogens is 1. The van der Waals surface area contributed by atoms with Crippen LogP contribution in [0.5, 0.6) is 0 Å². The van der Waals surface area contributed by atoms with Crippen molar-refractivity contribution in [2.45, 2.75) is 19.3 Å². The number of halogens is 1. The van der Waals surface area contributed by atoms with Crippen LogP contribution in [-0.4, -0.2) is 23.3 Å². The zero-order valence-electron chi connectivity index (χ0n) is 15.2. The van der Waals surface area contributed by atoms with Gasteiger partial charge in [0.15, 0.2) is 5.13 Å². The summed E-state index contributed by atoms with van der Waals surface area (Å²) in [5.41, 5.74) is 2.39. The number of anilines is 1. The first-order chi connectivity index (χ1) is 13.6. The number of benzene rings is 2. The summed E-state index contributed by atoms with van der Waals surface area (Å²) in [6, 6.07) is 16.8. The number of amides is 2. The van der Waals surface area contributed by atoms with E-state index in [1.165, 1.54) is 16.9 Å². The summed E-state index contributed by atoms with van der Waals surface area (Å²) >= 11 is 7.12. The molecule has 0 unspecified atom stereocenters. The van der Waals surface area contributed by atoms with Gasteiger partial charge in [-0.1, -0.05) is 41.9 Å². The van der Waals surface area contributed by atoms with Gasteiger partial charge in [0.05, 0.1) is 12.1 Å². The third kappa shape index (κ3) is 6.18. The fourth-order valence-electron chi connectivity index (χ4n) is 2.61. The summed E-state index contributed by atoms with van der Waals surface area (Å²) in [5.74, 6) is -0.336. The highest BCUT2D eigenvalue weighted by atomic mass is 35.5. The van der Waals surface area contributed by atoms with E-state index in [4.69, 9.17) is 11.6 Å². The molecule has 2 amide bonds. The SMILES string of the molecule is O=C(Cc1csc(NC(=O)c2ccc(Cl)cc2)n1)NCCCc1ccccc1. The molecule has 2 aromatic carbocycles. The monoisotopic (exact) mass is 413 g/mol. The standard InChI is InChI=1S/C21H20ClN3O2S/c22-17-10-8-16(9-11-17)20(27)25-21-24-18(14-28-21)13-19(26)23-12-4-7-15-5-2-1-3-6-15/h1-3,5-6,8-11,14H,4,7,12-13H2,(H,23,26)(H,24,25,27). The van der Waals surface area contributed by atoms with Crippen LogP contribution in [0.25, 0.3) is 0 Å². The number of aryl methyl sites for hydroxylation is 1. The number of nitrogens with one attached hydrogen (secondary N) is 2. The highest BCUT2D eigenvalue weighted by molar-refractivity contribution is 7.14. The van der Waals surface area contributed by atoms with Crippen molar-refractivity contribution < 1.29 is 9.59 Å². The van der Waals surface area contributed by atoms with Crippen LogP contribution in [0.15, 0.2) is 60.0 Å². The van der Waals surface area contributed by atoms with Gasteiger partial charge in [-0.15, -0.1) is 11.3 Å². The number of hydrogen-bond donors (Lipinski definition) is 2. The Labute approximate surface area is 172 Å². The number of rotatable bonds is 8. The average Bonchev–Trinajstić information content (AvgIpc) is 3.13. The lowest BCUT2D eigenvalue weighted by Crippen LogP contribution is -2.26. The summed E-state index contributed by atoms with van der Waals surface area (Å²) in [4.78, 5) is 28.6. The molecule has 5 nitrogen and oxygen atoms in total. The van der Waals surface area contributed by atoms with Crippen molar-refractivity contribution >= 4 is 39.9 Å².